The van der Waals surface area contributed by atoms with Gasteiger partial charge in [0.1, 0.15) is 12.4 Å². The van der Waals surface area contributed by atoms with Crippen LogP contribution in [0.4, 0.5) is 0 Å². The minimum atomic E-state index is 0.536. The predicted molar refractivity (Wildman–Crippen MR) is 47.7 cm³/mol. The lowest BCUT2D eigenvalue weighted by atomic mass is 10.3. The fraction of sp³-hybridized carbons (Fsp3) is 0.333. The summed E-state index contributed by atoms with van der Waals surface area (Å²) in [6.07, 6.45) is 0. The Morgan fingerprint density at radius 3 is 2.83 bits per heavy atom. The topological polar surface area (TPSA) is 18.5 Å². The molecule has 0 aliphatic rings. The summed E-state index contributed by atoms with van der Waals surface area (Å²) < 4.78 is 10.1. The second-order valence-electron chi connectivity index (χ2n) is 2.21. The van der Waals surface area contributed by atoms with E-state index in [0.717, 1.165) is 0 Å². The van der Waals surface area contributed by atoms with Crippen molar-refractivity contribution < 1.29 is 9.47 Å². The molecule has 0 fully saturated rings. The Balaban J connectivity index is 2.37. The van der Waals surface area contributed by atoms with Gasteiger partial charge < -0.3 is 9.47 Å². The highest BCUT2D eigenvalue weighted by atomic mass is 35.5. The number of methoxy groups -OCH3 is 1. The first-order chi connectivity index (χ1) is 5.83. The van der Waals surface area contributed by atoms with E-state index in [1.807, 2.05) is 0 Å². The smallest absolute Gasteiger partial charge is 0.127 e. The van der Waals surface area contributed by atoms with E-state index in [9.17, 15) is 0 Å². The van der Waals surface area contributed by atoms with Gasteiger partial charge in [-0.05, 0) is 18.2 Å². The zero-order valence-electron chi connectivity index (χ0n) is 6.84. The Morgan fingerprint density at radius 1 is 1.42 bits per heavy atom. The van der Waals surface area contributed by atoms with E-state index in [4.69, 9.17) is 21.1 Å². The molecule has 0 aliphatic carbocycles. The van der Waals surface area contributed by atoms with Crippen molar-refractivity contribution in [2.45, 2.75) is 0 Å². The number of benzene rings is 1. The molecule has 1 aromatic rings. The summed E-state index contributed by atoms with van der Waals surface area (Å²) in [6.45, 7) is 1.12. The van der Waals surface area contributed by atoms with Crippen molar-refractivity contribution in [2.24, 2.45) is 0 Å². The van der Waals surface area contributed by atoms with Crippen LogP contribution in [0.3, 0.4) is 0 Å². The number of hydrogen-bond donors (Lipinski definition) is 0. The first-order valence-electron chi connectivity index (χ1n) is 3.62. The van der Waals surface area contributed by atoms with Gasteiger partial charge in [-0.15, -0.1) is 0 Å². The van der Waals surface area contributed by atoms with Crippen molar-refractivity contribution in [3.63, 3.8) is 0 Å². The van der Waals surface area contributed by atoms with E-state index in [2.05, 4.69) is 6.07 Å². The van der Waals surface area contributed by atoms with Crippen LogP contribution in [-0.4, -0.2) is 20.3 Å². The van der Waals surface area contributed by atoms with Crippen molar-refractivity contribution in [3.8, 4) is 5.75 Å². The zero-order chi connectivity index (χ0) is 8.81. The summed E-state index contributed by atoms with van der Waals surface area (Å²) in [5.74, 6) is 0.691. The van der Waals surface area contributed by atoms with Crippen molar-refractivity contribution in [1.82, 2.24) is 0 Å². The van der Waals surface area contributed by atoms with Gasteiger partial charge in [0.15, 0.2) is 0 Å². The van der Waals surface area contributed by atoms with Gasteiger partial charge in [0.2, 0.25) is 0 Å². The van der Waals surface area contributed by atoms with Crippen LogP contribution < -0.4 is 4.74 Å². The minimum absolute atomic E-state index is 0.536. The summed E-state index contributed by atoms with van der Waals surface area (Å²) in [5.41, 5.74) is 0. The van der Waals surface area contributed by atoms with Gasteiger partial charge in [-0.25, -0.2) is 0 Å². The van der Waals surface area contributed by atoms with Crippen LogP contribution in [-0.2, 0) is 4.74 Å². The third kappa shape index (κ3) is 3.11. The largest absolute Gasteiger partial charge is 0.491 e. The second-order valence-corrected chi connectivity index (χ2v) is 2.65. The molecule has 1 aromatic carbocycles. The van der Waals surface area contributed by atoms with Crippen LogP contribution in [0.5, 0.6) is 5.75 Å². The molecule has 0 atom stereocenters. The number of rotatable bonds is 4. The molecule has 0 aromatic heterocycles. The molecule has 0 amide bonds. The molecule has 0 bridgehead atoms. The summed E-state index contributed by atoms with van der Waals surface area (Å²) in [6, 6.07) is 8.10. The summed E-state index contributed by atoms with van der Waals surface area (Å²) >= 11 is 5.66. The molecule has 12 heavy (non-hydrogen) atoms. The van der Waals surface area contributed by atoms with E-state index in [1.165, 1.54) is 0 Å². The molecule has 0 heterocycles. The van der Waals surface area contributed by atoms with Gasteiger partial charge in [-0.1, -0.05) is 11.6 Å². The highest BCUT2D eigenvalue weighted by Crippen LogP contribution is 2.14. The maximum absolute atomic E-state index is 5.66. The molecule has 0 saturated heterocycles. The molecule has 1 rings (SSSR count). The van der Waals surface area contributed by atoms with Gasteiger partial charge >= 0.3 is 0 Å². The van der Waals surface area contributed by atoms with Crippen LogP contribution in [0.1, 0.15) is 0 Å². The third-order valence-electron chi connectivity index (χ3n) is 1.29. The van der Waals surface area contributed by atoms with Gasteiger partial charge in [0, 0.05) is 18.2 Å². The van der Waals surface area contributed by atoms with Gasteiger partial charge in [0.05, 0.1) is 6.61 Å². The molecule has 65 valence electrons. The van der Waals surface area contributed by atoms with Crippen LogP contribution in [0.15, 0.2) is 18.2 Å². The van der Waals surface area contributed by atoms with Gasteiger partial charge in [0.25, 0.3) is 0 Å². The molecule has 1 radical (unpaired) electrons. The van der Waals surface area contributed by atoms with E-state index >= 15 is 0 Å². The minimum Gasteiger partial charge on any atom is -0.491 e. The van der Waals surface area contributed by atoms with Crippen LogP contribution in [0.25, 0.3) is 0 Å². The van der Waals surface area contributed by atoms with Crippen molar-refractivity contribution in [1.29, 1.82) is 0 Å². The zero-order valence-corrected chi connectivity index (χ0v) is 7.60. The average molecular weight is 186 g/mol. The molecular formula is C9H10ClO2. The molecule has 0 spiro atoms. The number of hydrogen-bond acceptors (Lipinski definition) is 2. The fourth-order valence-electron chi connectivity index (χ4n) is 0.716. The lowest BCUT2D eigenvalue weighted by Gasteiger charge is -2.03. The molecule has 0 saturated carbocycles. The Labute approximate surface area is 77.1 Å². The standard InChI is InChI=1S/C9H10ClO2/c1-11-6-7-12-9-4-2-8(10)3-5-9/h2-4H,6-7H2,1H3. The third-order valence-corrected chi connectivity index (χ3v) is 1.53. The maximum Gasteiger partial charge on any atom is 0.127 e. The normalized spacial score (nSPS) is 9.83. The fourth-order valence-corrected chi connectivity index (χ4v) is 0.834. The predicted octanol–water partition coefficient (Wildman–Crippen LogP) is 2.17. The van der Waals surface area contributed by atoms with Gasteiger partial charge in [-0.2, -0.15) is 0 Å². The van der Waals surface area contributed by atoms with Gasteiger partial charge in [-0.3, -0.25) is 0 Å². The lowest BCUT2D eigenvalue weighted by molar-refractivity contribution is 0.146. The highest BCUT2D eigenvalue weighted by molar-refractivity contribution is 6.30. The summed E-state index contributed by atoms with van der Waals surface area (Å²) in [4.78, 5) is 0. The van der Waals surface area contributed by atoms with Crippen molar-refractivity contribution in [3.05, 3.63) is 29.3 Å². The monoisotopic (exact) mass is 185 g/mol. The van der Waals surface area contributed by atoms with Crippen molar-refractivity contribution >= 4 is 11.6 Å². The Kier molecular flexibility index (Phi) is 3.91. The van der Waals surface area contributed by atoms with Crippen LogP contribution in [0, 0.1) is 6.07 Å². The van der Waals surface area contributed by atoms with E-state index in [0.29, 0.717) is 24.0 Å². The molecule has 0 N–H and O–H groups in total. The van der Waals surface area contributed by atoms with Crippen LogP contribution >= 0.6 is 11.6 Å². The molecule has 0 unspecified atom stereocenters. The van der Waals surface area contributed by atoms with E-state index < -0.39 is 0 Å². The molecular weight excluding hydrogens is 176 g/mol. The Bertz CT molecular complexity index is 220. The SMILES string of the molecule is COCCOc1[c]cc(Cl)cc1. The quantitative estimate of drug-likeness (QED) is 0.670. The second kappa shape index (κ2) is 5.01. The highest BCUT2D eigenvalue weighted by Gasteiger charge is 1.92. The average Bonchev–Trinajstić information content (AvgIpc) is 2.09. The summed E-state index contributed by atoms with van der Waals surface area (Å²) in [7, 11) is 1.63. The Hall–Kier alpha value is -0.730. The van der Waals surface area contributed by atoms with E-state index in [-0.39, 0.29) is 0 Å². The number of ether oxygens (including phenoxy) is 2. The Morgan fingerprint density at radius 2 is 2.25 bits per heavy atom. The van der Waals surface area contributed by atoms with Crippen molar-refractivity contribution in [2.75, 3.05) is 20.3 Å². The summed E-state index contributed by atoms with van der Waals surface area (Å²) in [5, 5.41) is 0.661. The molecule has 3 heteroatoms. The van der Waals surface area contributed by atoms with Crippen LogP contribution in [0.2, 0.25) is 5.02 Å². The molecule has 2 nitrogen and oxygen atoms in total. The lowest BCUT2D eigenvalue weighted by Crippen LogP contribution is -2.03. The first kappa shape index (κ1) is 9.36. The first-order valence-corrected chi connectivity index (χ1v) is 3.99. The molecule has 0 aliphatic heterocycles. The maximum atomic E-state index is 5.66. The van der Waals surface area contributed by atoms with E-state index in [1.54, 1.807) is 25.3 Å². The number of halogens is 1.